The maximum atomic E-state index is 11.8. The van der Waals surface area contributed by atoms with E-state index < -0.39 is 5.97 Å². The SMILES string of the molecule is CC(C(=O)O)=C(C)C(=O)NCC1CCN(C2CC2)C1. The Morgan fingerprint density at radius 1 is 1.21 bits per heavy atom. The molecule has 5 nitrogen and oxygen atoms in total. The van der Waals surface area contributed by atoms with Crippen LogP contribution in [-0.4, -0.2) is 47.6 Å². The summed E-state index contributed by atoms with van der Waals surface area (Å²) in [6, 6.07) is 0.789. The van der Waals surface area contributed by atoms with Crippen molar-refractivity contribution in [2.45, 2.75) is 39.2 Å². The molecule has 2 N–H and O–H groups in total. The van der Waals surface area contributed by atoms with Crippen molar-refractivity contribution in [3.8, 4) is 0 Å². The molecule has 0 aromatic heterocycles. The predicted octanol–water partition coefficient (Wildman–Crippen LogP) is 1.01. The molecule has 1 atom stereocenters. The van der Waals surface area contributed by atoms with Crippen molar-refractivity contribution in [1.82, 2.24) is 10.2 Å². The number of carbonyl (C=O) groups excluding carboxylic acids is 1. The van der Waals surface area contributed by atoms with Crippen molar-refractivity contribution in [2.24, 2.45) is 5.92 Å². The van der Waals surface area contributed by atoms with Crippen molar-refractivity contribution < 1.29 is 14.7 Å². The van der Waals surface area contributed by atoms with Crippen molar-refractivity contribution in [1.29, 1.82) is 0 Å². The first-order valence-electron chi connectivity index (χ1n) is 6.92. The molecule has 0 aromatic rings. The fourth-order valence-electron chi connectivity index (χ4n) is 2.50. The second-order valence-electron chi connectivity index (χ2n) is 5.65. The number of hydrogen-bond donors (Lipinski definition) is 2. The quantitative estimate of drug-likeness (QED) is 0.729. The van der Waals surface area contributed by atoms with E-state index in [2.05, 4.69) is 10.2 Å². The number of carbonyl (C=O) groups is 2. The van der Waals surface area contributed by atoms with E-state index in [4.69, 9.17) is 5.11 Å². The molecule has 1 heterocycles. The third kappa shape index (κ3) is 3.56. The van der Waals surface area contributed by atoms with E-state index in [0.717, 1.165) is 25.6 Å². The van der Waals surface area contributed by atoms with Crippen LogP contribution in [0.5, 0.6) is 0 Å². The van der Waals surface area contributed by atoms with Crippen molar-refractivity contribution in [2.75, 3.05) is 19.6 Å². The maximum Gasteiger partial charge on any atom is 0.331 e. The lowest BCUT2D eigenvalue weighted by Gasteiger charge is -2.15. The summed E-state index contributed by atoms with van der Waals surface area (Å²) >= 11 is 0. The van der Waals surface area contributed by atoms with Gasteiger partial charge in [0.05, 0.1) is 0 Å². The molecule has 1 saturated heterocycles. The van der Waals surface area contributed by atoms with Crippen LogP contribution in [0.25, 0.3) is 0 Å². The van der Waals surface area contributed by atoms with Crippen LogP contribution < -0.4 is 5.32 Å². The molecule has 0 bridgehead atoms. The average Bonchev–Trinajstić information content (AvgIpc) is 3.13. The van der Waals surface area contributed by atoms with E-state index in [0.29, 0.717) is 18.0 Å². The van der Waals surface area contributed by atoms with Gasteiger partial charge in [-0.15, -0.1) is 0 Å². The molecule has 2 aliphatic rings. The van der Waals surface area contributed by atoms with Crippen LogP contribution in [0, 0.1) is 5.92 Å². The molecular weight excluding hydrogens is 244 g/mol. The Bertz CT molecular complexity index is 413. The Morgan fingerprint density at radius 2 is 1.89 bits per heavy atom. The number of carboxylic acids is 1. The molecule has 0 radical (unpaired) electrons. The van der Waals surface area contributed by atoms with Gasteiger partial charge in [0, 0.05) is 30.3 Å². The Morgan fingerprint density at radius 3 is 2.47 bits per heavy atom. The summed E-state index contributed by atoms with van der Waals surface area (Å²) in [5.74, 6) is -0.791. The molecule has 19 heavy (non-hydrogen) atoms. The smallest absolute Gasteiger partial charge is 0.331 e. The number of nitrogens with zero attached hydrogens (tertiary/aromatic N) is 1. The summed E-state index contributed by atoms with van der Waals surface area (Å²) in [5.41, 5.74) is 0.410. The zero-order chi connectivity index (χ0) is 14.0. The lowest BCUT2D eigenvalue weighted by Crippen LogP contribution is -2.32. The fraction of sp³-hybridized carbons (Fsp3) is 0.714. The number of carboxylic acid groups (broad SMARTS) is 1. The zero-order valence-corrected chi connectivity index (χ0v) is 11.6. The van der Waals surface area contributed by atoms with E-state index in [1.54, 1.807) is 6.92 Å². The largest absolute Gasteiger partial charge is 0.478 e. The van der Waals surface area contributed by atoms with Gasteiger partial charge in [-0.25, -0.2) is 4.79 Å². The van der Waals surface area contributed by atoms with Gasteiger partial charge in [-0.2, -0.15) is 0 Å². The lowest BCUT2D eigenvalue weighted by atomic mass is 10.1. The number of amides is 1. The molecule has 5 heteroatoms. The molecule has 0 aromatic carbocycles. The van der Waals surface area contributed by atoms with Crippen LogP contribution in [0.3, 0.4) is 0 Å². The monoisotopic (exact) mass is 266 g/mol. The highest BCUT2D eigenvalue weighted by molar-refractivity contribution is 6.01. The number of hydrogen-bond acceptors (Lipinski definition) is 3. The van der Waals surface area contributed by atoms with Gasteiger partial charge >= 0.3 is 5.97 Å². The minimum absolute atomic E-state index is 0.114. The molecule has 106 valence electrons. The van der Waals surface area contributed by atoms with Crippen molar-refractivity contribution in [3.05, 3.63) is 11.1 Å². The van der Waals surface area contributed by atoms with Gasteiger partial charge in [-0.1, -0.05) is 0 Å². The Labute approximate surface area is 113 Å². The van der Waals surface area contributed by atoms with Gasteiger partial charge in [0.25, 0.3) is 0 Å². The predicted molar refractivity (Wildman–Crippen MR) is 71.7 cm³/mol. The van der Waals surface area contributed by atoms with Crippen LogP contribution in [0.4, 0.5) is 0 Å². The standard InChI is InChI=1S/C14H22N2O3/c1-9(10(2)14(18)19)13(17)15-7-11-5-6-16(8-11)12-3-4-12/h11-12H,3-8H2,1-2H3,(H,15,17)(H,18,19). The van der Waals surface area contributed by atoms with Crippen LogP contribution in [0.2, 0.25) is 0 Å². The van der Waals surface area contributed by atoms with Gasteiger partial charge in [0.2, 0.25) is 5.91 Å². The molecule has 1 saturated carbocycles. The Kier molecular flexibility index (Phi) is 4.24. The minimum atomic E-state index is -1.03. The highest BCUT2D eigenvalue weighted by Gasteiger charge is 2.34. The summed E-state index contributed by atoms with van der Waals surface area (Å²) < 4.78 is 0. The number of aliphatic carboxylic acids is 1. The molecule has 1 aliphatic carbocycles. The minimum Gasteiger partial charge on any atom is -0.478 e. The third-order valence-electron chi connectivity index (χ3n) is 4.16. The van der Waals surface area contributed by atoms with E-state index in [1.165, 1.54) is 19.8 Å². The molecule has 1 amide bonds. The zero-order valence-electron chi connectivity index (χ0n) is 11.6. The normalized spacial score (nSPS) is 25.1. The number of rotatable bonds is 5. The average molecular weight is 266 g/mol. The van der Waals surface area contributed by atoms with Crippen molar-refractivity contribution >= 4 is 11.9 Å². The molecular formula is C14H22N2O3. The van der Waals surface area contributed by atoms with Crippen LogP contribution >= 0.6 is 0 Å². The van der Waals surface area contributed by atoms with Crippen molar-refractivity contribution in [3.63, 3.8) is 0 Å². The molecule has 2 fully saturated rings. The van der Waals surface area contributed by atoms with Crippen LogP contribution in [-0.2, 0) is 9.59 Å². The van der Waals surface area contributed by atoms with E-state index in [9.17, 15) is 9.59 Å². The van der Waals surface area contributed by atoms with E-state index in [1.807, 2.05) is 0 Å². The summed E-state index contributed by atoms with van der Waals surface area (Å²) in [4.78, 5) is 25.1. The third-order valence-corrected chi connectivity index (χ3v) is 4.16. The van der Waals surface area contributed by atoms with Gasteiger partial charge in [-0.3, -0.25) is 4.79 Å². The summed E-state index contributed by atoms with van der Waals surface area (Å²) in [7, 11) is 0. The highest BCUT2D eigenvalue weighted by atomic mass is 16.4. The number of likely N-dealkylation sites (tertiary alicyclic amines) is 1. The first-order chi connectivity index (χ1) is 8.99. The van der Waals surface area contributed by atoms with E-state index >= 15 is 0 Å². The molecule has 0 spiro atoms. The molecule has 1 aliphatic heterocycles. The first-order valence-corrected chi connectivity index (χ1v) is 6.92. The van der Waals surface area contributed by atoms with Gasteiger partial charge < -0.3 is 15.3 Å². The Balaban J connectivity index is 1.77. The molecule has 2 rings (SSSR count). The second-order valence-corrected chi connectivity index (χ2v) is 5.65. The molecule has 1 unspecified atom stereocenters. The topological polar surface area (TPSA) is 69.6 Å². The lowest BCUT2D eigenvalue weighted by molar-refractivity contribution is -0.133. The van der Waals surface area contributed by atoms with Crippen LogP contribution in [0.15, 0.2) is 11.1 Å². The number of nitrogens with one attached hydrogen (secondary N) is 1. The van der Waals surface area contributed by atoms with E-state index in [-0.39, 0.29) is 11.5 Å². The summed E-state index contributed by atoms with van der Waals surface area (Å²) in [6.45, 7) is 5.86. The Hall–Kier alpha value is -1.36. The van der Waals surface area contributed by atoms with Gasteiger partial charge in [-0.05, 0) is 45.6 Å². The fourth-order valence-corrected chi connectivity index (χ4v) is 2.50. The van der Waals surface area contributed by atoms with Crippen LogP contribution in [0.1, 0.15) is 33.1 Å². The maximum absolute atomic E-state index is 11.8. The summed E-state index contributed by atoms with van der Waals surface area (Å²) in [6.07, 6.45) is 3.76. The van der Waals surface area contributed by atoms with Gasteiger partial charge in [0.1, 0.15) is 0 Å². The second kappa shape index (κ2) is 5.74. The van der Waals surface area contributed by atoms with Gasteiger partial charge in [0.15, 0.2) is 0 Å². The summed E-state index contributed by atoms with van der Waals surface area (Å²) in [5, 5.41) is 11.7. The first kappa shape index (κ1) is 14.1. The highest BCUT2D eigenvalue weighted by Crippen LogP contribution is 2.31.